The van der Waals surface area contributed by atoms with Crippen LogP contribution in [-0.4, -0.2) is 23.6 Å². The van der Waals surface area contributed by atoms with E-state index in [9.17, 15) is 9.18 Å². The monoisotopic (exact) mass is 329 g/mol. The third-order valence-corrected chi connectivity index (χ3v) is 4.23. The van der Waals surface area contributed by atoms with Crippen molar-refractivity contribution in [3.05, 3.63) is 71.6 Å². The number of hydrogen-bond donors (Lipinski definition) is 0. The molecule has 0 bridgehead atoms. The zero-order valence-electron chi connectivity index (χ0n) is 13.3. The van der Waals surface area contributed by atoms with E-state index in [-0.39, 0.29) is 11.7 Å². The maximum absolute atomic E-state index is 13.2. The molecule has 0 atom stereocenters. The van der Waals surface area contributed by atoms with Gasteiger partial charge in [0.1, 0.15) is 5.82 Å². The van der Waals surface area contributed by atoms with Crippen molar-refractivity contribution < 1.29 is 9.18 Å². The average Bonchev–Trinajstić information content (AvgIpc) is 2.58. The molecule has 0 spiro atoms. The van der Waals surface area contributed by atoms with Gasteiger partial charge < -0.3 is 4.90 Å². The standard InChI is InChI=1S/C19H20FNOS/c1-3-21(14-16-5-4-6-17(20)13-16)19(22)12-9-15-7-10-18(23-2)11-8-15/h4-13H,3,14H2,1-2H3/b12-9+. The number of carbonyl (C=O) groups is 1. The summed E-state index contributed by atoms with van der Waals surface area (Å²) in [6.07, 6.45) is 5.40. The Hall–Kier alpha value is -2.07. The molecule has 0 aromatic heterocycles. The molecule has 2 nitrogen and oxygen atoms in total. The zero-order valence-corrected chi connectivity index (χ0v) is 14.1. The van der Waals surface area contributed by atoms with Crippen molar-refractivity contribution in [1.29, 1.82) is 0 Å². The lowest BCUT2D eigenvalue weighted by molar-refractivity contribution is -0.126. The first-order valence-corrected chi connectivity index (χ1v) is 8.70. The summed E-state index contributed by atoms with van der Waals surface area (Å²) in [5, 5.41) is 0. The Morgan fingerprint density at radius 3 is 2.57 bits per heavy atom. The van der Waals surface area contributed by atoms with Gasteiger partial charge >= 0.3 is 0 Å². The predicted octanol–water partition coefficient (Wildman–Crippen LogP) is 4.61. The van der Waals surface area contributed by atoms with E-state index in [4.69, 9.17) is 0 Å². The minimum Gasteiger partial charge on any atom is -0.335 e. The summed E-state index contributed by atoms with van der Waals surface area (Å²) in [7, 11) is 0. The molecule has 0 aliphatic carbocycles. The zero-order chi connectivity index (χ0) is 16.7. The van der Waals surface area contributed by atoms with Gasteiger partial charge in [-0.2, -0.15) is 0 Å². The quantitative estimate of drug-likeness (QED) is 0.570. The van der Waals surface area contributed by atoms with Crippen molar-refractivity contribution >= 4 is 23.7 Å². The van der Waals surface area contributed by atoms with E-state index in [2.05, 4.69) is 0 Å². The van der Waals surface area contributed by atoms with Gasteiger partial charge in [0.15, 0.2) is 0 Å². The summed E-state index contributed by atoms with van der Waals surface area (Å²) in [4.78, 5) is 15.2. The van der Waals surface area contributed by atoms with E-state index >= 15 is 0 Å². The van der Waals surface area contributed by atoms with Crippen LogP contribution in [0.5, 0.6) is 0 Å². The Morgan fingerprint density at radius 2 is 1.96 bits per heavy atom. The second-order valence-electron chi connectivity index (χ2n) is 5.09. The molecule has 2 aromatic carbocycles. The van der Waals surface area contributed by atoms with Gasteiger partial charge in [-0.15, -0.1) is 11.8 Å². The number of rotatable bonds is 6. The first-order chi connectivity index (χ1) is 11.1. The minimum atomic E-state index is -0.282. The molecule has 0 saturated heterocycles. The summed E-state index contributed by atoms with van der Waals surface area (Å²) in [6.45, 7) is 2.90. The second-order valence-corrected chi connectivity index (χ2v) is 5.97. The SMILES string of the molecule is CCN(Cc1cccc(F)c1)C(=O)/C=C/c1ccc(SC)cc1. The number of thioether (sulfide) groups is 1. The van der Waals surface area contributed by atoms with Crippen LogP contribution in [0.2, 0.25) is 0 Å². The molecule has 0 aliphatic rings. The molecule has 2 aromatic rings. The molecular weight excluding hydrogens is 309 g/mol. The first-order valence-electron chi connectivity index (χ1n) is 7.48. The van der Waals surface area contributed by atoms with E-state index in [0.717, 1.165) is 11.1 Å². The first kappa shape index (κ1) is 17.3. The molecule has 0 saturated carbocycles. The molecule has 0 unspecified atom stereocenters. The summed E-state index contributed by atoms with van der Waals surface area (Å²) < 4.78 is 13.2. The highest BCUT2D eigenvalue weighted by Gasteiger charge is 2.09. The maximum atomic E-state index is 13.2. The van der Waals surface area contributed by atoms with Crippen molar-refractivity contribution in [1.82, 2.24) is 4.90 Å². The fraction of sp³-hybridized carbons (Fsp3) is 0.211. The van der Waals surface area contributed by atoms with E-state index in [1.807, 2.05) is 43.5 Å². The third-order valence-electron chi connectivity index (χ3n) is 3.49. The van der Waals surface area contributed by atoms with Gasteiger partial charge in [0, 0.05) is 24.1 Å². The van der Waals surface area contributed by atoms with Crippen LogP contribution >= 0.6 is 11.8 Å². The number of nitrogens with zero attached hydrogens (tertiary/aromatic N) is 1. The predicted molar refractivity (Wildman–Crippen MR) is 94.7 cm³/mol. The number of likely N-dealkylation sites (N-methyl/N-ethyl adjacent to an activating group) is 1. The lowest BCUT2D eigenvalue weighted by Crippen LogP contribution is -2.28. The summed E-state index contributed by atoms with van der Waals surface area (Å²) >= 11 is 1.68. The molecule has 23 heavy (non-hydrogen) atoms. The van der Waals surface area contributed by atoms with E-state index in [1.54, 1.807) is 34.9 Å². The smallest absolute Gasteiger partial charge is 0.246 e. The molecule has 4 heteroatoms. The van der Waals surface area contributed by atoms with Crippen LogP contribution in [0, 0.1) is 5.82 Å². The number of carbonyl (C=O) groups excluding carboxylic acids is 1. The van der Waals surface area contributed by atoms with Crippen LogP contribution in [0.25, 0.3) is 6.08 Å². The van der Waals surface area contributed by atoms with E-state index in [0.29, 0.717) is 13.1 Å². The van der Waals surface area contributed by atoms with Crippen LogP contribution in [-0.2, 0) is 11.3 Å². The molecule has 0 fully saturated rings. The molecule has 0 radical (unpaired) electrons. The van der Waals surface area contributed by atoms with Crippen LogP contribution in [0.15, 0.2) is 59.5 Å². The van der Waals surface area contributed by atoms with Gasteiger partial charge in [-0.25, -0.2) is 4.39 Å². The summed E-state index contributed by atoms with van der Waals surface area (Å²) in [5.41, 5.74) is 1.77. The number of benzene rings is 2. The average molecular weight is 329 g/mol. The molecule has 1 amide bonds. The van der Waals surface area contributed by atoms with Gasteiger partial charge in [0.2, 0.25) is 5.91 Å². The van der Waals surface area contributed by atoms with Gasteiger partial charge in [0.05, 0.1) is 0 Å². The molecule has 0 aliphatic heterocycles. The maximum Gasteiger partial charge on any atom is 0.246 e. The van der Waals surface area contributed by atoms with Gasteiger partial charge in [-0.1, -0.05) is 24.3 Å². The van der Waals surface area contributed by atoms with Crippen molar-refractivity contribution in [3.63, 3.8) is 0 Å². The molecule has 0 N–H and O–H groups in total. The van der Waals surface area contributed by atoms with Crippen molar-refractivity contribution in [2.45, 2.75) is 18.4 Å². The fourth-order valence-corrected chi connectivity index (χ4v) is 2.60. The lowest BCUT2D eigenvalue weighted by atomic mass is 10.2. The Balaban J connectivity index is 2.02. The van der Waals surface area contributed by atoms with Crippen LogP contribution in [0.1, 0.15) is 18.1 Å². The highest BCUT2D eigenvalue weighted by molar-refractivity contribution is 7.98. The van der Waals surface area contributed by atoms with Crippen LogP contribution in [0.4, 0.5) is 4.39 Å². The Bertz CT molecular complexity index is 682. The highest BCUT2D eigenvalue weighted by atomic mass is 32.2. The Morgan fingerprint density at radius 1 is 1.22 bits per heavy atom. The Labute approximate surface area is 141 Å². The molecule has 2 rings (SSSR count). The molecule has 120 valence electrons. The second kappa shape index (κ2) is 8.53. The third kappa shape index (κ3) is 5.25. The highest BCUT2D eigenvalue weighted by Crippen LogP contribution is 2.15. The van der Waals surface area contributed by atoms with Gasteiger partial charge in [-0.3, -0.25) is 4.79 Å². The van der Waals surface area contributed by atoms with Crippen molar-refractivity contribution in [2.24, 2.45) is 0 Å². The molecular formula is C19H20FNOS. The topological polar surface area (TPSA) is 20.3 Å². The Kier molecular flexibility index (Phi) is 6.41. The normalized spacial score (nSPS) is 10.9. The fourth-order valence-electron chi connectivity index (χ4n) is 2.19. The summed E-state index contributed by atoms with van der Waals surface area (Å²) in [6, 6.07) is 14.4. The van der Waals surface area contributed by atoms with Crippen LogP contribution < -0.4 is 0 Å². The molecule has 0 heterocycles. The van der Waals surface area contributed by atoms with Gasteiger partial charge in [-0.05, 0) is 54.6 Å². The number of halogens is 1. The minimum absolute atomic E-state index is 0.0781. The summed E-state index contributed by atoms with van der Waals surface area (Å²) in [5.74, 6) is -0.360. The van der Waals surface area contributed by atoms with Gasteiger partial charge in [0.25, 0.3) is 0 Å². The van der Waals surface area contributed by atoms with Crippen molar-refractivity contribution in [2.75, 3.05) is 12.8 Å². The number of amides is 1. The largest absolute Gasteiger partial charge is 0.335 e. The van der Waals surface area contributed by atoms with E-state index in [1.165, 1.54) is 17.0 Å². The van der Waals surface area contributed by atoms with E-state index < -0.39 is 0 Å². The number of hydrogen-bond acceptors (Lipinski definition) is 2. The lowest BCUT2D eigenvalue weighted by Gasteiger charge is -2.19. The van der Waals surface area contributed by atoms with Crippen LogP contribution in [0.3, 0.4) is 0 Å². The van der Waals surface area contributed by atoms with Crippen molar-refractivity contribution in [3.8, 4) is 0 Å².